The molecule has 1 aliphatic carbocycles. The molecule has 0 bridgehead atoms. The summed E-state index contributed by atoms with van der Waals surface area (Å²) in [4.78, 5) is 4.73. The normalized spacial score (nSPS) is 19.5. The van der Waals surface area contributed by atoms with Crippen molar-refractivity contribution in [1.82, 2.24) is 4.98 Å². The van der Waals surface area contributed by atoms with Gasteiger partial charge in [0.25, 0.3) is 0 Å². The molecular formula is C25H32N2O2S. The van der Waals surface area contributed by atoms with Crippen LogP contribution in [0.5, 0.6) is 11.5 Å². The molecule has 1 fully saturated rings. The molecule has 0 N–H and O–H groups in total. The molecule has 30 heavy (non-hydrogen) atoms. The molecular weight excluding hydrogens is 392 g/mol. The van der Waals surface area contributed by atoms with Crippen molar-refractivity contribution in [3.63, 3.8) is 0 Å². The maximum atomic E-state index is 9.22. The Bertz CT molecular complexity index is 907. The number of nitriles is 1. The molecule has 4 nitrogen and oxygen atoms in total. The molecule has 3 rings (SSSR count). The summed E-state index contributed by atoms with van der Waals surface area (Å²) >= 11 is 1.54. The van der Waals surface area contributed by atoms with Crippen LogP contribution in [0.3, 0.4) is 0 Å². The number of hydrogen-bond acceptors (Lipinski definition) is 5. The Kier molecular flexibility index (Phi) is 7.66. The highest BCUT2D eigenvalue weighted by Crippen LogP contribution is 2.39. The van der Waals surface area contributed by atoms with Crippen LogP contribution in [0.15, 0.2) is 35.4 Å². The summed E-state index contributed by atoms with van der Waals surface area (Å²) in [5.74, 6) is 3.12. The van der Waals surface area contributed by atoms with Crippen LogP contribution in [0.4, 0.5) is 0 Å². The molecule has 0 saturated heterocycles. The fourth-order valence-electron chi connectivity index (χ4n) is 4.26. The summed E-state index contributed by atoms with van der Waals surface area (Å²) in [6.07, 6.45) is 6.60. The third-order valence-corrected chi connectivity index (χ3v) is 6.73. The van der Waals surface area contributed by atoms with Gasteiger partial charge in [-0.15, -0.1) is 11.8 Å². The van der Waals surface area contributed by atoms with Crippen molar-refractivity contribution in [2.45, 2.75) is 69.4 Å². The van der Waals surface area contributed by atoms with Gasteiger partial charge >= 0.3 is 0 Å². The molecule has 0 spiro atoms. The number of nitrogens with zero attached hydrogens (tertiary/aromatic N) is 2. The Balaban J connectivity index is 1.62. The van der Waals surface area contributed by atoms with E-state index in [1.807, 2.05) is 24.5 Å². The number of pyridine rings is 1. The first-order valence-electron chi connectivity index (χ1n) is 10.7. The monoisotopic (exact) mass is 424 g/mol. The van der Waals surface area contributed by atoms with Crippen molar-refractivity contribution in [2.24, 2.45) is 5.92 Å². The zero-order chi connectivity index (χ0) is 21.7. The van der Waals surface area contributed by atoms with Gasteiger partial charge in [-0.25, -0.2) is 4.98 Å². The highest BCUT2D eigenvalue weighted by Gasteiger charge is 2.29. The second kappa shape index (κ2) is 10.2. The van der Waals surface area contributed by atoms with Gasteiger partial charge in [0.1, 0.15) is 11.1 Å². The lowest BCUT2D eigenvalue weighted by molar-refractivity contribution is 0.194. The number of ether oxygens (including phenoxy) is 2. The molecule has 160 valence electrons. The summed E-state index contributed by atoms with van der Waals surface area (Å²) in [6.45, 7) is 6.62. The Morgan fingerprint density at radius 3 is 2.63 bits per heavy atom. The Labute approximate surface area is 185 Å². The minimum absolute atomic E-state index is 0.231. The van der Waals surface area contributed by atoms with E-state index in [0.29, 0.717) is 23.3 Å². The van der Waals surface area contributed by atoms with Crippen molar-refractivity contribution in [2.75, 3.05) is 13.4 Å². The fraction of sp³-hybridized carbons (Fsp3) is 0.520. The molecule has 1 aromatic carbocycles. The molecule has 0 radical (unpaired) electrons. The Morgan fingerprint density at radius 2 is 1.97 bits per heavy atom. The third-order valence-electron chi connectivity index (χ3n) is 6.03. The highest BCUT2D eigenvalue weighted by atomic mass is 32.2. The topological polar surface area (TPSA) is 55.1 Å². The molecule has 2 aromatic rings. The largest absolute Gasteiger partial charge is 0.493 e. The second-order valence-electron chi connectivity index (χ2n) is 8.53. The molecule has 0 amide bonds. The van der Waals surface area contributed by atoms with Gasteiger partial charge in [0.05, 0.1) is 18.8 Å². The number of aromatic nitrogens is 1. The third kappa shape index (κ3) is 5.29. The zero-order valence-electron chi connectivity index (χ0n) is 18.6. The standard InChI is InChI=1S/C25H32N2O2S/c1-16(2)19-8-11-23(28-4)24(14-19)29-21-9-6-18(13-21)12-17(3)22-10-7-20(15-26)25(27-22)30-5/h7-8,10-11,14,16-18,21H,6,9,12-13H2,1-5H3. The first-order chi connectivity index (χ1) is 14.4. The summed E-state index contributed by atoms with van der Waals surface area (Å²) in [6, 6.07) is 12.4. The first-order valence-corrected chi connectivity index (χ1v) is 12.0. The molecule has 1 aliphatic rings. The van der Waals surface area contributed by atoms with E-state index in [1.165, 1.54) is 23.7 Å². The maximum Gasteiger partial charge on any atom is 0.161 e. The van der Waals surface area contributed by atoms with E-state index in [4.69, 9.17) is 14.5 Å². The van der Waals surface area contributed by atoms with Gasteiger partial charge in [0.2, 0.25) is 0 Å². The van der Waals surface area contributed by atoms with Gasteiger partial charge in [-0.05, 0) is 79.5 Å². The van der Waals surface area contributed by atoms with E-state index in [2.05, 4.69) is 39.0 Å². The van der Waals surface area contributed by atoms with Gasteiger partial charge in [-0.2, -0.15) is 5.26 Å². The SMILES string of the molecule is COc1ccc(C(C)C)cc1OC1CCC(CC(C)c2ccc(C#N)c(SC)n2)C1. The number of rotatable bonds is 8. The van der Waals surface area contributed by atoms with Gasteiger partial charge < -0.3 is 9.47 Å². The predicted octanol–water partition coefficient (Wildman–Crippen LogP) is 6.55. The van der Waals surface area contributed by atoms with E-state index in [1.54, 1.807) is 7.11 Å². The number of methoxy groups -OCH3 is 1. The number of thioether (sulfide) groups is 1. The number of hydrogen-bond donors (Lipinski definition) is 0. The zero-order valence-corrected chi connectivity index (χ0v) is 19.5. The predicted molar refractivity (Wildman–Crippen MR) is 123 cm³/mol. The molecule has 3 unspecified atom stereocenters. The van der Waals surface area contributed by atoms with Gasteiger partial charge in [0.15, 0.2) is 11.5 Å². The van der Waals surface area contributed by atoms with Crippen LogP contribution < -0.4 is 9.47 Å². The molecule has 1 heterocycles. The van der Waals surface area contributed by atoms with Crippen molar-refractivity contribution in [1.29, 1.82) is 5.26 Å². The lowest BCUT2D eigenvalue weighted by Crippen LogP contribution is -2.14. The number of benzene rings is 1. The minimum Gasteiger partial charge on any atom is -0.493 e. The lowest BCUT2D eigenvalue weighted by Gasteiger charge is -2.19. The van der Waals surface area contributed by atoms with Crippen LogP contribution in [-0.4, -0.2) is 24.5 Å². The van der Waals surface area contributed by atoms with E-state index < -0.39 is 0 Å². The van der Waals surface area contributed by atoms with Gasteiger partial charge in [-0.3, -0.25) is 0 Å². The second-order valence-corrected chi connectivity index (χ2v) is 9.32. The highest BCUT2D eigenvalue weighted by molar-refractivity contribution is 7.98. The summed E-state index contributed by atoms with van der Waals surface area (Å²) in [7, 11) is 1.70. The van der Waals surface area contributed by atoms with Crippen LogP contribution in [0.2, 0.25) is 0 Å². The molecule has 1 saturated carbocycles. The summed E-state index contributed by atoms with van der Waals surface area (Å²) in [5, 5.41) is 10.0. The Hall–Kier alpha value is -2.19. The summed E-state index contributed by atoms with van der Waals surface area (Å²) in [5.41, 5.74) is 3.00. The van der Waals surface area contributed by atoms with Crippen LogP contribution in [0, 0.1) is 17.2 Å². The van der Waals surface area contributed by atoms with E-state index in [0.717, 1.165) is 41.5 Å². The quantitative estimate of drug-likeness (QED) is 0.450. The van der Waals surface area contributed by atoms with Crippen LogP contribution >= 0.6 is 11.8 Å². The average molecular weight is 425 g/mol. The van der Waals surface area contributed by atoms with Crippen LogP contribution in [0.25, 0.3) is 0 Å². The van der Waals surface area contributed by atoms with Crippen LogP contribution in [0.1, 0.15) is 75.1 Å². The van der Waals surface area contributed by atoms with E-state index >= 15 is 0 Å². The van der Waals surface area contributed by atoms with Crippen LogP contribution in [-0.2, 0) is 0 Å². The fourth-order valence-corrected chi connectivity index (χ4v) is 4.80. The van der Waals surface area contributed by atoms with Crippen molar-refractivity contribution in [3.8, 4) is 17.6 Å². The molecule has 1 aromatic heterocycles. The van der Waals surface area contributed by atoms with Crippen molar-refractivity contribution >= 4 is 11.8 Å². The summed E-state index contributed by atoms with van der Waals surface area (Å²) < 4.78 is 11.9. The minimum atomic E-state index is 0.231. The smallest absolute Gasteiger partial charge is 0.161 e. The maximum absolute atomic E-state index is 9.22. The first kappa shape index (κ1) is 22.5. The van der Waals surface area contributed by atoms with Crippen molar-refractivity contribution in [3.05, 3.63) is 47.2 Å². The molecule has 0 aliphatic heterocycles. The molecule has 3 atom stereocenters. The van der Waals surface area contributed by atoms with Gasteiger partial charge in [-0.1, -0.05) is 26.8 Å². The van der Waals surface area contributed by atoms with Gasteiger partial charge in [0, 0.05) is 5.69 Å². The van der Waals surface area contributed by atoms with E-state index in [9.17, 15) is 5.26 Å². The average Bonchev–Trinajstić information content (AvgIpc) is 3.19. The molecule has 5 heteroatoms. The lowest BCUT2D eigenvalue weighted by atomic mass is 9.92. The Morgan fingerprint density at radius 1 is 1.17 bits per heavy atom. The van der Waals surface area contributed by atoms with E-state index in [-0.39, 0.29) is 6.10 Å². The van der Waals surface area contributed by atoms with Crippen molar-refractivity contribution < 1.29 is 9.47 Å².